The monoisotopic (exact) mass is 305 g/mol. The normalized spacial score (nSPS) is 20.6. The van der Waals surface area contributed by atoms with Crippen LogP contribution in [0.1, 0.15) is 20.3 Å². The fraction of sp³-hybridized carbons (Fsp3) is 0.833. The highest BCUT2D eigenvalue weighted by Crippen LogP contribution is 2.12. The van der Waals surface area contributed by atoms with Crippen LogP contribution in [-0.2, 0) is 19.6 Å². The van der Waals surface area contributed by atoms with Gasteiger partial charge in [0.15, 0.2) is 0 Å². The molecule has 0 spiro atoms. The summed E-state index contributed by atoms with van der Waals surface area (Å²) >= 11 is 0. The molecule has 2 amide bonds. The summed E-state index contributed by atoms with van der Waals surface area (Å²) in [5.41, 5.74) is 0. The van der Waals surface area contributed by atoms with Gasteiger partial charge in [0.2, 0.25) is 21.8 Å². The molecule has 1 fully saturated rings. The van der Waals surface area contributed by atoms with Crippen LogP contribution in [0.25, 0.3) is 0 Å². The number of sulfonamides is 1. The molecule has 0 radical (unpaired) electrons. The van der Waals surface area contributed by atoms with E-state index in [1.54, 1.807) is 11.8 Å². The van der Waals surface area contributed by atoms with Gasteiger partial charge in [-0.3, -0.25) is 9.59 Å². The fourth-order valence-electron chi connectivity index (χ4n) is 2.15. The van der Waals surface area contributed by atoms with E-state index in [2.05, 4.69) is 0 Å². The number of amides is 2. The smallest absolute Gasteiger partial charge is 0.245 e. The average Bonchev–Trinajstić information content (AvgIpc) is 2.37. The Morgan fingerprint density at radius 1 is 1.40 bits per heavy atom. The van der Waals surface area contributed by atoms with Crippen molar-refractivity contribution in [3.8, 4) is 0 Å². The predicted molar refractivity (Wildman–Crippen MR) is 75.5 cm³/mol. The lowest BCUT2D eigenvalue weighted by molar-refractivity contribution is -0.150. The quantitative estimate of drug-likeness (QED) is 0.676. The number of carbonyl (C=O) groups is 2. The lowest BCUT2D eigenvalue weighted by atomic mass is 10.1. The zero-order valence-electron chi connectivity index (χ0n) is 12.5. The summed E-state index contributed by atoms with van der Waals surface area (Å²) in [7, 11) is -1.84. The third-order valence-corrected chi connectivity index (χ3v) is 4.97. The van der Waals surface area contributed by atoms with Gasteiger partial charge in [0.25, 0.3) is 0 Å². The Morgan fingerprint density at radius 2 is 2.00 bits per heavy atom. The molecule has 0 saturated carbocycles. The maximum Gasteiger partial charge on any atom is 0.245 e. The second kappa shape index (κ2) is 6.53. The van der Waals surface area contributed by atoms with E-state index in [9.17, 15) is 18.0 Å². The molecule has 8 heteroatoms. The van der Waals surface area contributed by atoms with Crippen LogP contribution in [0.5, 0.6) is 0 Å². The summed E-state index contributed by atoms with van der Waals surface area (Å²) < 4.78 is 23.7. The molecule has 1 saturated heterocycles. The molecule has 1 heterocycles. The number of hydrogen-bond acceptors (Lipinski definition) is 4. The second-order valence-corrected chi connectivity index (χ2v) is 7.10. The standard InChI is InChI=1S/C12H23N3O4S/c1-5-14-8-9-15(10(2)12(14)17)11(16)6-7-13(3)20(4,18)19/h10H,5-9H2,1-4H3/t10-/m1/s1. The van der Waals surface area contributed by atoms with Crippen molar-refractivity contribution in [2.45, 2.75) is 26.3 Å². The van der Waals surface area contributed by atoms with Crippen molar-refractivity contribution in [2.75, 3.05) is 39.5 Å². The van der Waals surface area contributed by atoms with Crippen LogP contribution in [0.3, 0.4) is 0 Å². The molecule has 0 aromatic carbocycles. The molecule has 0 bridgehead atoms. The predicted octanol–water partition coefficient (Wildman–Crippen LogP) is -0.653. The van der Waals surface area contributed by atoms with Crippen molar-refractivity contribution in [3.05, 3.63) is 0 Å². The van der Waals surface area contributed by atoms with Crippen LogP contribution < -0.4 is 0 Å². The highest BCUT2D eigenvalue weighted by molar-refractivity contribution is 7.88. The minimum absolute atomic E-state index is 0.0523. The van der Waals surface area contributed by atoms with Gasteiger partial charge in [-0.1, -0.05) is 0 Å². The minimum atomic E-state index is -3.28. The van der Waals surface area contributed by atoms with E-state index in [0.717, 1.165) is 10.6 Å². The van der Waals surface area contributed by atoms with Crippen LogP contribution in [-0.4, -0.2) is 79.9 Å². The van der Waals surface area contributed by atoms with Gasteiger partial charge in [0, 0.05) is 39.6 Å². The SMILES string of the molecule is CCN1CCN(C(=O)CCN(C)S(C)(=O)=O)[C@H](C)C1=O. The lowest BCUT2D eigenvalue weighted by Gasteiger charge is -2.38. The third kappa shape index (κ3) is 3.92. The van der Waals surface area contributed by atoms with Crippen LogP contribution in [0.2, 0.25) is 0 Å². The molecule has 0 aromatic heterocycles. The molecule has 0 N–H and O–H groups in total. The first-order valence-corrected chi connectivity index (χ1v) is 8.52. The Labute approximate surface area is 120 Å². The van der Waals surface area contributed by atoms with Crippen LogP contribution >= 0.6 is 0 Å². The number of piperazine rings is 1. The van der Waals surface area contributed by atoms with Crippen molar-refractivity contribution in [3.63, 3.8) is 0 Å². The molecule has 0 aliphatic carbocycles. The lowest BCUT2D eigenvalue weighted by Crippen LogP contribution is -2.57. The number of carbonyl (C=O) groups excluding carboxylic acids is 2. The summed E-state index contributed by atoms with van der Waals surface area (Å²) in [4.78, 5) is 27.4. The zero-order valence-corrected chi connectivity index (χ0v) is 13.3. The molecule has 116 valence electrons. The Hall–Kier alpha value is -1.15. The molecule has 20 heavy (non-hydrogen) atoms. The first-order valence-electron chi connectivity index (χ1n) is 6.68. The molecule has 7 nitrogen and oxygen atoms in total. The summed E-state index contributed by atoms with van der Waals surface area (Å²) in [6.07, 6.45) is 1.19. The molecule has 1 rings (SSSR count). The molecule has 1 atom stereocenters. The Bertz CT molecular complexity index is 477. The first kappa shape index (κ1) is 16.9. The molecular weight excluding hydrogens is 282 g/mol. The number of rotatable bonds is 5. The Kier molecular flexibility index (Phi) is 5.52. The van der Waals surface area contributed by atoms with Gasteiger partial charge in [0.1, 0.15) is 6.04 Å². The number of nitrogens with zero attached hydrogens (tertiary/aromatic N) is 3. The van der Waals surface area contributed by atoms with Gasteiger partial charge in [-0.2, -0.15) is 0 Å². The van der Waals surface area contributed by atoms with Crippen LogP contribution in [0.15, 0.2) is 0 Å². The van der Waals surface area contributed by atoms with Crippen LogP contribution in [0.4, 0.5) is 0 Å². The largest absolute Gasteiger partial charge is 0.339 e. The number of likely N-dealkylation sites (N-methyl/N-ethyl adjacent to an activating group) is 1. The van der Waals surface area contributed by atoms with Gasteiger partial charge < -0.3 is 9.80 Å². The number of hydrogen-bond donors (Lipinski definition) is 0. The maximum absolute atomic E-state index is 12.1. The van der Waals surface area contributed by atoms with Gasteiger partial charge in [-0.05, 0) is 13.8 Å². The van der Waals surface area contributed by atoms with E-state index in [-0.39, 0.29) is 24.8 Å². The van der Waals surface area contributed by atoms with Crippen molar-refractivity contribution in [1.29, 1.82) is 0 Å². The van der Waals surface area contributed by atoms with Gasteiger partial charge in [0.05, 0.1) is 6.26 Å². The van der Waals surface area contributed by atoms with E-state index in [1.807, 2.05) is 6.92 Å². The summed E-state index contributed by atoms with van der Waals surface area (Å²) in [5, 5.41) is 0. The topological polar surface area (TPSA) is 78.0 Å². The zero-order chi connectivity index (χ0) is 15.5. The van der Waals surface area contributed by atoms with E-state index >= 15 is 0 Å². The molecular formula is C12H23N3O4S. The third-order valence-electron chi connectivity index (χ3n) is 3.66. The minimum Gasteiger partial charge on any atom is -0.339 e. The van der Waals surface area contributed by atoms with Crippen molar-refractivity contribution < 1.29 is 18.0 Å². The van der Waals surface area contributed by atoms with E-state index in [1.165, 1.54) is 11.9 Å². The van der Waals surface area contributed by atoms with Crippen molar-refractivity contribution in [1.82, 2.24) is 14.1 Å². The molecule has 1 aliphatic heterocycles. The van der Waals surface area contributed by atoms with Gasteiger partial charge in [-0.15, -0.1) is 0 Å². The van der Waals surface area contributed by atoms with Gasteiger partial charge >= 0.3 is 0 Å². The fourth-order valence-corrected chi connectivity index (χ4v) is 2.57. The highest BCUT2D eigenvalue weighted by Gasteiger charge is 2.33. The van der Waals surface area contributed by atoms with E-state index in [4.69, 9.17) is 0 Å². The Balaban J connectivity index is 2.59. The average molecular weight is 305 g/mol. The summed E-state index contributed by atoms with van der Waals surface area (Å²) in [6, 6.07) is -0.472. The maximum atomic E-state index is 12.1. The molecule has 0 aromatic rings. The second-order valence-electron chi connectivity index (χ2n) is 5.02. The molecule has 0 unspecified atom stereocenters. The summed E-state index contributed by atoms with van der Waals surface area (Å²) in [6.45, 7) is 5.43. The van der Waals surface area contributed by atoms with Gasteiger partial charge in [-0.25, -0.2) is 12.7 Å². The first-order chi connectivity index (χ1) is 9.18. The van der Waals surface area contributed by atoms with Crippen molar-refractivity contribution in [2.24, 2.45) is 0 Å². The Morgan fingerprint density at radius 3 is 2.50 bits per heavy atom. The van der Waals surface area contributed by atoms with Crippen molar-refractivity contribution >= 4 is 21.8 Å². The van der Waals surface area contributed by atoms with E-state index < -0.39 is 16.1 Å². The molecule has 1 aliphatic rings. The summed E-state index contributed by atoms with van der Waals surface area (Å²) in [5.74, 6) is -0.235. The van der Waals surface area contributed by atoms with E-state index in [0.29, 0.717) is 19.6 Å². The highest BCUT2D eigenvalue weighted by atomic mass is 32.2. The van der Waals surface area contributed by atoms with Crippen LogP contribution in [0, 0.1) is 0 Å².